The number of carbonyl (C=O) groups is 1. The lowest BCUT2D eigenvalue weighted by Gasteiger charge is -2.08. The summed E-state index contributed by atoms with van der Waals surface area (Å²) >= 11 is 2.95. The molecule has 1 amide bonds. The number of hydrogen-bond acceptors (Lipinski definition) is 4. The van der Waals surface area contributed by atoms with Crippen molar-refractivity contribution in [3.63, 3.8) is 0 Å². The van der Waals surface area contributed by atoms with E-state index in [-0.39, 0.29) is 10.2 Å². The highest BCUT2D eigenvalue weighted by Crippen LogP contribution is 2.24. The summed E-state index contributed by atoms with van der Waals surface area (Å²) in [4.78, 5) is 15.7. The average Bonchev–Trinajstić information content (AvgIpc) is 2.42. The van der Waals surface area contributed by atoms with Crippen LogP contribution in [0.2, 0.25) is 0 Å². The molecule has 0 radical (unpaired) electrons. The van der Waals surface area contributed by atoms with Gasteiger partial charge in [-0.3, -0.25) is 15.6 Å². The number of hydrazine groups is 1. The zero-order valence-electron chi connectivity index (χ0n) is 9.95. The Balaban J connectivity index is 2.28. The maximum absolute atomic E-state index is 13.6. The second-order valence-electron chi connectivity index (χ2n) is 3.77. The molecule has 20 heavy (non-hydrogen) atoms. The van der Waals surface area contributed by atoms with Crippen LogP contribution in [0.15, 0.2) is 34.9 Å². The van der Waals surface area contributed by atoms with Crippen LogP contribution in [-0.2, 0) is 0 Å². The molecule has 5 nitrogen and oxygen atoms in total. The van der Waals surface area contributed by atoms with Gasteiger partial charge in [-0.05, 0) is 24.3 Å². The van der Waals surface area contributed by atoms with Crippen LogP contribution in [-0.4, -0.2) is 10.9 Å². The molecule has 1 heterocycles. The third-order valence-electron chi connectivity index (χ3n) is 2.40. The molecule has 0 bridgehead atoms. The number of pyridine rings is 1. The Morgan fingerprint density at radius 2 is 1.90 bits per heavy atom. The number of carbonyl (C=O) groups excluding carboxylic acids is 1. The highest BCUT2D eigenvalue weighted by atomic mass is 79.9. The maximum Gasteiger partial charge on any atom is 0.274 e. The lowest BCUT2D eigenvalue weighted by Crippen LogP contribution is -2.16. The normalized spacial score (nSPS) is 10.2. The number of nitrogens with zero attached hydrogens (tertiary/aromatic N) is 1. The van der Waals surface area contributed by atoms with Crippen LogP contribution < -0.4 is 16.6 Å². The fourth-order valence-corrected chi connectivity index (χ4v) is 1.89. The minimum Gasteiger partial charge on any atom is -0.324 e. The van der Waals surface area contributed by atoms with E-state index in [4.69, 9.17) is 5.84 Å². The van der Waals surface area contributed by atoms with E-state index in [0.717, 1.165) is 12.1 Å². The van der Waals surface area contributed by atoms with Crippen molar-refractivity contribution in [3.8, 4) is 0 Å². The van der Waals surface area contributed by atoms with E-state index in [9.17, 15) is 13.6 Å². The van der Waals surface area contributed by atoms with Gasteiger partial charge in [-0.2, -0.15) is 0 Å². The lowest BCUT2D eigenvalue weighted by molar-refractivity contribution is 0.102. The number of benzene rings is 1. The highest BCUT2D eigenvalue weighted by molar-refractivity contribution is 9.10. The summed E-state index contributed by atoms with van der Waals surface area (Å²) < 4.78 is 27.4. The zero-order valence-corrected chi connectivity index (χ0v) is 11.5. The van der Waals surface area contributed by atoms with Crippen molar-refractivity contribution in [2.45, 2.75) is 0 Å². The molecule has 0 aliphatic carbocycles. The van der Waals surface area contributed by atoms with Crippen molar-refractivity contribution in [2.75, 3.05) is 10.7 Å². The second kappa shape index (κ2) is 5.93. The van der Waals surface area contributed by atoms with Crippen molar-refractivity contribution in [2.24, 2.45) is 5.84 Å². The van der Waals surface area contributed by atoms with Crippen LogP contribution in [0.4, 0.5) is 20.2 Å². The first kappa shape index (κ1) is 14.4. The number of nitrogens with two attached hydrogens (primary N) is 1. The van der Waals surface area contributed by atoms with Crippen LogP contribution in [0.25, 0.3) is 0 Å². The number of amides is 1. The summed E-state index contributed by atoms with van der Waals surface area (Å²) in [5, 5.41) is 2.13. The first-order chi connectivity index (χ1) is 9.51. The summed E-state index contributed by atoms with van der Waals surface area (Å²) in [7, 11) is 0. The largest absolute Gasteiger partial charge is 0.324 e. The monoisotopic (exact) mass is 342 g/mol. The molecule has 0 aliphatic rings. The van der Waals surface area contributed by atoms with Crippen LogP contribution >= 0.6 is 15.9 Å². The van der Waals surface area contributed by atoms with Gasteiger partial charge in [0.2, 0.25) is 0 Å². The molecule has 0 unspecified atom stereocenters. The molecule has 2 aromatic rings. The standard InChI is InChI=1S/C12H9BrF2N4O/c13-6-3-8(14)11(9(15)4-6)18-12(20)10-5-7(19-16)1-2-17-10/h1-5H,16H2,(H,17,19)(H,18,20). The highest BCUT2D eigenvalue weighted by Gasteiger charge is 2.15. The van der Waals surface area contributed by atoms with Gasteiger partial charge in [0.25, 0.3) is 5.91 Å². The topological polar surface area (TPSA) is 80.0 Å². The van der Waals surface area contributed by atoms with Gasteiger partial charge in [-0.25, -0.2) is 8.78 Å². The van der Waals surface area contributed by atoms with Gasteiger partial charge in [0.15, 0.2) is 11.6 Å². The summed E-state index contributed by atoms with van der Waals surface area (Å²) in [5.41, 5.74) is 2.23. The molecule has 1 aromatic carbocycles. The molecule has 0 spiro atoms. The quantitative estimate of drug-likeness (QED) is 0.591. The molecule has 0 saturated carbocycles. The number of nitrogens with one attached hydrogen (secondary N) is 2. The third-order valence-corrected chi connectivity index (χ3v) is 2.86. The van der Waals surface area contributed by atoms with Gasteiger partial charge in [-0.1, -0.05) is 15.9 Å². The summed E-state index contributed by atoms with van der Waals surface area (Å²) in [6.07, 6.45) is 1.35. The zero-order chi connectivity index (χ0) is 14.7. The minimum absolute atomic E-state index is 0.0258. The van der Waals surface area contributed by atoms with Gasteiger partial charge in [-0.15, -0.1) is 0 Å². The average molecular weight is 343 g/mol. The minimum atomic E-state index is -0.890. The Morgan fingerprint density at radius 1 is 1.25 bits per heavy atom. The van der Waals surface area contributed by atoms with Crippen LogP contribution in [0.3, 0.4) is 0 Å². The molecule has 8 heteroatoms. The van der Waals surface area contributed by atoms with Crippen LogP contribution in [0, 0.1) is 11.6 Å². The van der Waals surface area contributed by atoms with Crippen LogP contribution in [0.5, 0.6) is 0 Å². The Hall–Kier alpha value is -2.06. The lowest BCUT2D eigenvalue weighted by atomic mass is 10.2. The summed E-state index contributed by atoms with van der Waals surface area (Å²) in [5.74, 6) is 2.67. The van der Waals surface area contributed by atoms with Crippen molar-refractivity contribution in [3.05, 3.63) is 52.3 Å². The van der Waals surface area contributed by atoms with E-state index in [1.165, 1.54) is 18.3 Å². The summed E-state index contributed by atoms with van der Waals surface area (Å²) in [6.45, 7) is 0. The molecular formula is C12H9BrF2N4O. The van der Waals surface area contributed by atoms with Gasteiger partial charge in [0.1, 0.15) is 11.4 Å². The molecular weight excluding hydrogens is 334 g/mol. The number of halogens is 3. The van der Waals surface area contributed by atoms with Gasteiger partial charge in [0, 0.05) is 10.7 Å². The first-order valence-electron chi connectivity index (χ1n) is 5.40. The Bertz CT molecular complexity index is 643. The third kappa shape index (κ3) is 3.09. The number of hydrogen-bond donors (Lipinski definition) is 3. The predicted octanol–water partition coefficient (Wildman–Crippen LogP) is 2.66. The Labute approximate surface area is 121 Å². The number of aromatic nitrogens is 1. The SMILES string of the molecule is NNc1ccnc(C(=O)Nc2c(F)cc(Br)cc2F)c1. The maximum atomic E-state index is 13.6. The van der Waals surface area contributed by atoms with E-state index >= 15 is 0 Å². The van der Waals surface area contributed by atoms with Crippen molar-refractivity contribution in [1.29, 1.82) is 0 Å². The number of anilines is 2. The molecule has 0 atom stereocenters. The second-order valence-corrected chi connectivity index (χ2v) is 4.69. The smallest absolute Gasteiger partial charge is 0.274 e. The fraction of sp³-hybridized carbons (Fsp3) is 0. The Kier molecular flexibility index (Phi) is 4.26. The molecule has 4 N–H and O–H groups in total. The molecule has 0 aliphatic heterocycles. The molecule has 2 rings (SSSR count). The first-order valence-corrected chi connectivity index (χ1v) is 6.19. The molecule has 1 aromatic heterocycles. The van der Waals surface area contributed by atoms with E-state index in [1.54, 1.807) is 0 Å². The van der Waals surface area contributed by atoms with Crippen molar-refractivity contribution >= 4 is 33.2 Å². The van der Waals surface area contributed by atoms with E-state index in [1.807, 2.05) is 0 Å². The van der Waals surface area contributed by atoms with Crippen LogP contribution in [0.1, 0.15) is 10.5 Å². The van der Waals surface area contributed by atoms with E-state index in [2.05, 4.69) is 31.7 Å². The van der Waals surface area contributed by atoms with E-state index < -0.39 is 23.2 Å². The van der Waals surface area contributed by atoms with Gasteiger partial charge in [0.05, 0.1) is 5.69 Å². The predicted molar refractivity (Wildman–Crippen MR) is 74.1 cm³/mol. The van der Waals surface area contributed by atoms with Crippen molar-refractivity contribution in [1.82, 2.24) is 4.98 Å². The number of nitrogen functional groups attached to an aromatic ring is 1. The fourth-order valence-electron chi connectivity index (χ4n) is 1.48. The van der Waals surface area contributed by atoms with Gasteiger partial charge < -0.3 is 10.7 Å². The molecule has 0 saturated heterocycles. The Morgan fingerprint density at radius 3 is 2.50 bits per heavy atom. The number of rotatable bonds is 3. The molecule has 104 valence electrons. The summed E-state index contributed by atoms with van der Waals surface area (Å²) in [6, 6.07) is 4.98. The molecule has 0 fully saturated rings. The van der Waals surface area contributed by atoms with Gasteiger partial charge >= 0.3 is 0 Å². The van der Waals surface area contributed by atoms with E-state index in [0.29, 0.717) is 5.69 Å². The van der Waals surface area contributed by atoms with Crippen molar-refractivity contribution < 1.29 is 13.6 Å².